The van der Waals surface area contributed by atoms with Crippen LogP contribution in [0.15, 0.2) is 0 Å². The molecular weight excluding hydrogens is 204 g/mol. The van der Waals surface area contributed by atoms with E-state index >= 15 is 0 Å². The molecule has 1 aliphatic rings. The topological polar surface area (TPSA) is 26.3 Å². The van der Waals surface area contributed by atoms with Gasteiger partial charge in [0.05, 0.1) is 4.08 Å². The molecule has 0 aromatic carbocycles. The summed E-state index contributed by atoms with van der Waals surface area (Å²) in [5, 5.41) is 0. The molecule has 0 aromatic heterocycles. The minimum absolute atomic E-state index is 0.0779. The Morgan fingerprint density at radius 2 is 2.00 bits per heavy atom. The zero-order chi connectivity index (χ0) is 9.90. The van der Waals surface area contributed by atoms with Gasteiger partial charge in [0.1, 0.15) is 6.10 Å². The molecule has 1 aliphatic heterocycles. The maximum absolute atomic E-state index is 11.0. The number of carbonyl (C=O) groups excluding carboxylic acids is 1. The minimum Gasteiger partial charge on any atom is -0.461 e. The molecule has 4 heteroatoms. The normalized spacial score (nSPS) is 22.7. The first-order valence-corrected chi connectivity index (χ1v) is 6.48. The first-order chi connectivity index (χ1) is 6.03. The van der Waals surface area contributed by atoms with Crippen LogP contribution in [0.4, 0.5) is 0 Å². The van der Waals surface area contributed by atoms with E-state index < -0.39 is 0 Å². The Kier molecular flexibility index (Phi) is 3.98. The van der Waals surface area contributed by atoms with E-state index in [1.165, 1.54) is 0 Å². The van der Waals surface area contributed by atoms with Gasteiger partial charge in [-0.1, -0.05) is 6.92 Å². The Morgan fingerprint density at radius 3 is 2.46 bits per heavy atom. The second-order valence-corrected chi connectivity index (χ2v) is 7.03. The summed E-state index contributed by atoms with van der Waals surface area (Å²) in [7, 11) is 0. The quantitative estimate of drug-likeness (QED) is 0.668. The average molecular weight is 220 g/mol. The van der Waals surface area contributed by atoms with E-state index in [0.717, 1.165) is 11.5 Å². The molecule has 13 heavy (non-hydrogen) atoms. The number of carbonyl (C=O) groups is 1. The molecule has 0 N–H and O–H groups in total. The van der Waals surface area contributed by atoms with E-state index in [1.807, 2.05) is 30.4 Å². The predicted octanol–water partition coefficient (Wildman–Crippen LogP) is 2.52. The highest BCUT2D eigenvalue weighted by atomic mass is 32.2. The second-order valence-electron chi connectivity index (χ2n) is 3.49. The largest absolute Gasteiger partial charge is 0.461 e. The Hall–Kier alpha value is 0.170. The van der Waals surface area contributed by atoms with Gasteiger partial charge in [-0.05, 0) is 13.8 Å². The van der Waals surface area contributed by atoms with Crippen molar-refractivity contribution in [2.45, 2.75) is 37.4 Å². The van der Waals surface area contributed by atoms with Crippen molar-refractivity contribution < 1.29 is 9.53 Å². The first kappa shape index (κ1) is 11.2. The van der Waals surface area contributed by atoms with Crippen LogP contribution in [0, 0.1) is 0 Å². The first-order valence-electron chi connectivity index (χ1n) is 4.51. The molecular formula is C9H16O2S2. The number of hydrogen-bond acceptors (Lipinski definition) is 4. The Morgan fingerprint density at radius 1 is 1.46 bits per heavy atom. The fourth-order valence-corrected chi connectivity index (χ4v) is 3.45. The van der Waals surface area contributed by atoms with Gasteiger partial charge in [-0.25, -0.2) is 0 Å². The van der Waals surface area contributed by atoms with Gasteiger partial charge in [-0.3, -0.25) is 4.79 Å². The predicted molar refractivity (Wildman–Crippen MR) is 59.2 cm³/mol. The molecule has 1 heterocycles. The molecule has 0 radical (unpaired) electrons. The Bertz CT molecular complexity index is 182. The Balaban J connectivity index is 2.29. The summed E-state index contributed by atoms with van der Waals surface area (Å²) in [5.41, 5.74) is 0. The highest BCUT2D eigenvalue weighted by Gasteiger charge is 2.29. The van der Waals surface area contributed by atoms with Crippen molar-refractivity contribution in [1.29, 1.82) is 0 Å². The van der Waals surface area contributed by atoms with E-state index in [9.17, 15) is 4.79 Å². The van der Waals surface area contributed by atoms with Crippen LogP contribution in [0.5, 0.6) is 0 Å². The molecule has 0 saturated carbocycles. The van der Waals surface area contributed by atoms with Gasteiger partial charge in [0.2, 0.25) is 0 Å². The molecule has 0 atom stereocenters. The third kappa shape index (κ3) is 3.81. The fourth-order valence-electron chi connectivity index (χ4n) is 1.01. The zero-order valence-corrected chi connectivity index (χ0v) is 9.96. The van der Waals surface area contributed by atoms with E-state index in [-0.39, 0.29) is 16.2 Å². The summed E-state index contributed by atoms with van der Waals surface area (Å²) in [6.07, 6.45) is 0.602. The average Bonchev–Trinajstić information content (AvgIpc) is 2.08. The van der Waals surface area contributed by atoms with Gasteiger partial charge < -0.3 is 4.74 Å². The SMILES string of the molecule is CCC(=O)OC1CSC(C)(C)SC1. The molecule has 0 spiro atoms. The summed E-state index contributed by atoms with van der Waals surface area (Å²) >= 11 is 3.73. The number of hydrogen-bond donors (Lipinski definition) is 0. The molecule has 0 bridgehead atoms. The highest BCUT2D eigenvalue weighted by molar-refractivity contribution is 8.18. The van der Waals surface area contributed by atoms with Crippen LogP contribution in [0.1, 0.15) is 27.2 Å². The lowest BCUT2D eigenvalue weighted by molar-refractivity contribution is -0.146. The molecule has 0 aliphatic carbocycles. The molecule has 1 fully saturated rings. The maximum Gasteiger partial charge on any atom is 0.305 e. The molecule has 1 saturated heterocycles. The maximum atomic E-state index is 11.0. The summed E-state index contributed by atoms with van der Waals surface area (Å²) in [5.74, 6) is 1.79. The van der Waals surface area contributed by atoms with Crippen LogP contribution in [0.2, 0.25) is 0 Å². The lowest BCUT2D eigenvalue weighted by Crippen LogP contribution is -2.31. The van der Waals surface area contributed by atoms with Crippen LogP contribution in [0.25, 0.3) is 0 Å². The molecule has 2 nitrogen and oxygen atoms in total. The summed E-state index contributed by atoms with van der Waals surface area (Å²) in [6, 6.07) is 0. The molecule has 1 rings (SSSR count). The summed E-state index contributed by atoms with van der Waals surface area (Å²) in [4.78, 5) is 11.0. The monoisotopic (exact) mass is 220 g/mol. The standard InChI is InChI=1S/C9H16O2S2/c1-4-8(10)11-7-5-12-9(2,3)13-6-7/h7H,4-6H2,1-3H3. The summed E-state index contributed by atoms with van der Waals surface area (Å²) in [6.45, 7) is 6.25. The van der Waals surface area contributed by atoms with Crippen molar-refractivity contribution in [1.82, 2.24) is 0 Å². The molecule has 0 aromatic rings. The van der Waals surface area contributed by atoms with Crippen LogP contribution in [0.3, 0.4) is 0 Å². The van der Waals surface area contributed by atoms with Crippen LogP contribution in [-0.4, -0.2) is 27.7 Å². The molecule has 0 amide bonds. The number of esters is 1. The van der Waals surface area contributed by atoms with Crippen molar-refractivity contribution >= 4 is 29.5 Å². The highest BCUT2D eigenvalue weighted by Crippen LogP contribution is 2.41. The fraction of sp³-hybridized carbons (Fsp3) is 0.889. The van der Waals surface area contributed by atoms with E-state index in [0.29, 0.717) is 6.42 Å². The van der Waals surface area contributed by atoms with Crippen molar-refractivity contribution in [2.75, 3.05) is 11.5 Å². The second kappa shape index (κ2) is 4.60. The zero-order valence-electron chi connectivity index (χ0n) is 8.33. The van der Waals surface area contributed by atoms with Crippen molar-refractivity contribution in [3.63, 3.8) is 0 Å². The van der Waals surface area contributed by atoms with E-state index in [2.05, 4.69) is 13.8 Å². The van der Waals surface area contributed by atoms with E-state index in [4.69, 9.17) is 4.74 Å². The smallest absolute Gasteiger partial charge is 0.305 e. The lowest BCUT2D eigenvalue weighted by atomic mass is 10.4. The van der Waals surface area contributed by atoms with Gasteiger partial charge in [0, 0.05) is 17.9 Å². The van der Waals surface area contributed by atoms with Crippen molar-refractivity contribution in [3.05, 3.63) is 0 Å². The number of ether oxygens (including phenoxy) is 1. The molecule has 0 unspecified atom stereocenters. The summed E-state index contributed by atoms with van der Waals surface area (Å²) < 4.78 is 5.54. The minimum atomic E-state index is -0.0779. The lowest BCUT2D eigenvalue weighted by Gasteiger charge is -2.32. The van der Waals surface area contributed by atoms with Crippen LogP contribution < -0.4 is 0 Å². The van der Waals surface area contributed by atoms with Gasteiger partial charge >= 0.3 is 5.97 Å². The van der Waals surface area contributed by atoms with Gasteiger partial charge in [0.15, 0.2) is 0 Å². The van der Waals surface area contributed by atoms with Gasteiger partial charge in [-0.15, -0.1) is 23.5 Å². The third-order valence-corrected chi connectivity index (χ3v) is 4.99. The van der Waals surface area contributed by atoms with E-state index in [1.54, 1.807) is 0 Å². The van der Waals surface area contributed by atoms with Gasteiger partial charge in [0.25, 0.3) is 0 Å². The van der Waals surface area contributed by atoms with Crippen molar-refractivity contribution in [3.8, 4) is 0 Å². The third-order valence-electron chi connectivity index (χ3n) is 1.82. The number of rotatable bonds is 2. The van der Waals surface area contributed by atoms with Gasteiger partial charge in [-0.2, -0.15) is 0 Å². The van der Waals surface area contributed by atoms with Crippen molar-refractivity contribution in [2.24, 2.45) is 0 Å². The van der Waals surface area contributed by atoms with Crippen LogP contribution >= 0.6 is 23.5 Å². The molecule has 76 valence electrons. The Labute approximate surface area is 88.2 Å². The number of thioether (sulfide) groups is 2. The van der Waals surface area contributed by atoms with Crippen LogP contribution in [-0.2, 0) is 9.53 Å².